The standard InChI is InChI=1S/C14H27N3O2/c1-5-8-15-11-6-9-17(13(11)19)10-7-12(18)16-14(2,3)4/h11,15H,5-10H2,1-4H3,(H,16,18). The van der Waals surface area contributed by atoms with Crippen molar-refractivity contribution in [1.29, 1.82) is 0 Å². The van der Waals surface area contributed by atoms with Crippen molar-refractivity contribution < 1.29 is 9.59 Å². The molecule has 110 valence electrons. The number of amides is 2. The first kappa shape index (κ1) is 16.0. The number of hydrogen-bond donors (Lipinski definition) is 2. The van der Waals surface area contributed by atoms with Crippen LogP contribution in [0, 0.1) is 0 Å². The number of rotatable bonds is 6. The van der Waals surface area contributed by atoms with Crippen molar-refractivity contribution in [2.45, 2.75) is 58.5 Å². The Bertz CT molecular complexity index is 323. The van der Waals surface area contributed by atoms with Gasteiger partial charge in [0.15, 0.2) is 0 Å². The van der Waals surface area contributed by atoms with Crippen molar-refractivity contribution in [3.8, 4) is 0 Å². The Morgan fingerprint density at radius 2 is 2.11 bits per heavy atom. The maximum atomic E-state index is 12.0. The Kier molecular flexibility index (Phi) is 5.79. The highest BCUT2D eigenvalue weighted by Crippen LogP contribution is 2.11. The third kappa shape index (κ3) is 5.59. The lowest BCUT2D eigenvalue weighted by atomic mass is 10.1. The van der Waals surface area contributed by atoms with Crippen LogP contribution in [0.25, 0.3) is 0 Å². The first-order chi connectivity index (χ1) is 8.83. The van der Waals surface area contributed by atoms with Gasteiger partial charge in [-0.25, -0.2) is 0 Å². The van der Waals surface area contributed by atoms with Crippen LogP contribution in [-0.4, -0.2) is 47.9 Å². The van der Waals surface area contributed by atoms with Crippen molar-refractivity contribution >= 4 is 11.8 Å². The van der Waals surface area contributed by atoms with E-state index in [1.54, 1.807) is 4.90 Å². The van der Waals surface area contributed by atoms with E-state index < -0.39 is 0 Å². The second-order valence-corrected chi connectivity index (χ2v) is 6.17. The molecule has 0 radical (unpaired) electrons. The zero-order valence-corrected chi connectivity index (χ0v) is 12.6. The molecule has 1 atom stereocenters. The van der Waals surface area contributed by atoms with Crippen molar-refractivity contribution in [3.63, 3.8) is 0 Å². The molecule has 2 amide bonds. The Hall–Kier alpha value is -1.10. The molecule has 5 nitrogen and oxygen atoms in total. The van der Waals surface area contributed by atoms with Crippen LogP contribution < -0.4 is 10.6 Å². The van der Waals surface area contributed by atoms with E-state index in [-0.39, 0.29) is 23.4 Å². The third-order valence-corrected chi connectivity index (χ3v) is 3.06. The van der Waals surface area contributed by atoms with Gasteiger partial charge in [-0.1, -0.05) is 6.92 Å². The first-order valence-corrected chi connectivity index (χ1v) is 7.16. The normalized spacial score (nSPS) is 19.9. The topological polar surface area (TPSA) is 61.4 Å². The largest absolute Gasteiger partial charge is 0.351 e. The minimum Gasteiger partial charge on any atom is -0.351 e. The quantitative estimate of drug-likeness (QED) is 0.753. The molecule has 1 unspecified atom stereocenters. The molecule has 0 aromatic heterocycles. The summed E-state index contributed by atoms with van der Waals surface area (Å²) in [5, 5.41) is 6.16. The highest BCUT2D eigenvalue weighted by molar-refractivity contribution is 5.84. The van der Waals surface area contributed by atoms with E-state index in [1.165, 1.54) is 0 Å². The lowest BCUT2D eigenvalue weighted by Gasteiger charge is -2.22. The van der Waals surface area contributed by atoms with Gasteiger partial charge in [0.1, 0.15) is 0 Å². The van der Waals surface area contributed by atoms with Crippen LogP contribution in [0.1, 0.15) is 47.0 Å². The highest BCUT2D eigenvalue weighted by atomic mass is 16.2. The molecule has 0 aromatic carbocycles. The number of carbonyl (C=O) groups excluding carboxylic acids is 2. The van der Waals surface area contributed by atoms with E-state index in [2.05, 4.69) is 17.6 Å². The zero-order valence-electron chi connectivity index (χ0n) is 12.6. The molecule has 2 N–H and O–H groups in total. The average molecular weight is 269 g/mol. The number of carbonyl (C=O) groups is 2. The van der Waals surface area contributed by atoms with Gasteiger partial charge in [0.05, 0.1) is 6.04 Å². The second kappa shape index (κ2) is 6.89. The molecule has 1 fully saturated rings. The van der Waals surface area contributed by atoms with Crippen LogP contribution in [0.2, 0.25) is 0 Å². The van der Waals surface area contributed by atoms with Crippen molar-refractivity contribution in [2.24, 2.45) is 0 Å². The molecule has 0 saturated carbocycles. The zero-order chi connectivity index (χ0) is 14.5. The average Bonchev–Trinajstić information content (AvgIpc) is 2.63. The summed E-state index contributed by atoms with van der Waals surface area (Å²) >= 11 is 0. The van der Waals surface area contributed by atoms with Gasteiger partial charge in [0, 0.05) is 25.0 Å². The van der Waals surface area contributed by atoms with Gasteiger partial charge in [-0.2, -0.15) is 0 Å². The second-order valence-electron chi connectivity index (χ2n) is 6.17. The first-order valence-electron chi connectivity index (χ1n) is 7.16. The lowest BCUT2D eigenvalue weighted by molar-refractivity contribution is -0.130. The predicted octanol–water partition coefficient (Wildman–Crippen LogP) is 0.892. The maximum absolute atomic E-state index is 12.0. The molecule has 0 spiro atoms. The van der Waals surface area contributed by atoms with E-state index in [9.17, 15) is 9.59 Å². The molecule has 1 heterocycles. The Labute approximate surface area is 116 Å². The van der Waals surface area contributed by atoms with Gasteiger partial charge < -0.3 is 15.5 Å². The Morgan fingerprint density at radius 1 is 1.42 bits per heavy atom. The molecule has 1 aliphatic rings. The summed E-state index contributed by atoms with van der Waals surface area (Å²) in [6.07, 6.45) is 2.25. The maximum Gasteiger partial charge on any atom is 0.239 e. The van der Waals surface area contributed by atoms with E-state index >= 15 is 0 Å². The molecular weight excluding hydrogens is 242 g/mol. The fraction of sp³-hybridized carbons (Fsp3) is 0.857. The van der Waals surface area contributed by atoms with Crippen molar-refractivity contribution in [1.82, 2.24) is 15.5 Å². The van der Waals surface area contributed by atoms with E-state index in [4.69, 9.17) is 0 Å². The number of nitrogens with one attached hydrogen (secondary N) is 2. The van der Waals surface area contributed by atoms with Gasteiger partial charge in [-0.05, 0) is 40.2 Å². The fourth-order valence-corrected chi connectivity index (χ4v) is 2.19. The van der Waals surface area contributed by atoms with Gasteiger partial charge in [0.2, 0.25) is 11.8 Å². The Balaban J connectivity index is 2.31. The van der Waals surface area contributed by atoms with Crippen LogP contribution >= 0.6 is 0 Å². The third-order valence-electron chi connectivity index (χ3n) is 3.06. The molecule has 1 saturated heterocycles. The summed E-state index contributed by atoms with van der Waals surface area (Å²) in [5.41, 5.74) is -0.211. The highest BCUT2D eigenvalue weighted by Gasteiger charge is 2.30. The number of hydrogen-bond acceptors (Lipinski definition) is 3. The molecule has 5 heteroatoms. The lowest BCUT2D eigenvalue weighted by Crippen LogP contribution is -2.43. The Morgan fingerprint density at radius 3 is 2.68 bits per heavy atom. The number of nitrogens with zero attached hydrogens (tertiary/aromatic N) is 1. The summed E-state index contributed by atoms with van der Waals surface area (Å²) in [7, 11) is 0. The summed E-state index contributed by atoms with van der Waals surface area (Å²) < 4.78 is 0. The van der Waals surface area contributed by atoms with E-state index in [0.717, 1.165) is 25.9 Å². The van der Waals surface area contributed by atoms with Gasteiger partial charge in [0.25, 0.3) is 0 Å². The summed E-state index contributed by atoms with van der Waals surface area (Å²) in [6, 6.07) is -0.0503. The number of likely N-dealkylation sites (tertiary alicyclic amines) is 1. The molecule has 1 aliphatic heterocycles. The fourth-order valence-electron chi connectivity index (χ4n) is 2.19. The van der Waals surface area contributed by atoms with Crippen LogP contribution in [-0.2, 0) is 9.59 Å². The molecule has 0 bridgehead atoms. The van der Waals surface area contributed by atoms with Crippen molar-refractivity contribution in [3.05, 3.63) is 0 Å². The van der Waals surface area contributed by atoms with Gasteiger partial charge >= 0.3 is 0 Å². The SMILES string of the molecule is CCCNC1CCN(CCC(=O)NC(C)(C)C)C1=O. The van der Waals surface area contributed by atoms with Crippen LogP contribution in [0.3, 0.4) is 0 Å². The van der Waals surface area contributed by atoms with Crippen molar-refractivity contribution in [2.75, 3.05) is 19.6 Å². The molecular formula is C14H27N3O2. The summed E-state index contributed by atoms with van der Waals surface area (Å²) in [4.78, 5) is 25.5. The van der Waals surface area contributed by atoms with Crippen LogP contribution in [0.4, 0.5) is 0 Å². The van der Waals surface area contributed by atoms with Crippen LogP contribution in [0.15, 0.2) is 0 Å². The van der Waals surface area contributed by atoms with E-state index in [0.29, 0.717) is 13.0 Å². The van der Waals surface area contributed by atoms with E-state index in [1.807, 2.05) is 20.8 Å². The monoisotopic (exact) mass is 269 g/mol. The molecule has 0 aromatic rings. The molecule has 1 rings (SSSR count). The van der Waals surface area contributed by atoms with Gasteiger partial charge in [-0.15, -0.1) is 0 Å². The minimum absolute atomic E-state index is 0.00488. The van der Waals surface area contributed by atoms with Crippen LogP contribution in [0.5, 0.6) is 0 Å². The predicted molar refractivity (Wildman–Crippen MR) is 75.8 cm³/mol. The molecule has 0 aliphatic carbocycles. The summed E-state index contributed by atoms with van der Waals surface area (Å²) in [5.74, 6) is 0.141. The minimum atomic E-state index is -0.211. The smallest absolute Gasteiger partial charge is 0.239 e. The van der Waals surface area contributed by atoms with Gasteiger partial charge in [-0.3, -0.25) is 9.59 Å². The summed E-state index contributed by atoms with van der Waals surface area (Å²) in [6.45, 7) is 10.1. The molecule has 19 heavy (non-hydrogen) atoms.